The van der Waals surface area contributed by atoms with Crippen molar-refractivity contribution in [2.24, 2.45) is 5.92 Å². The van der Waals surface area contributed by atoms with E-state index in [1.807, 2.05) is 6.20 Å². The van der Waals surface area contributed by atoms with Crippen LogP contribution in [-0.4, -0.2) is 46.5 Å². The molecule has 0 spiro atoms. The van der Waals surface area contributed by atoms with Gasteiger partial charge in [0.05, 0.1) is 18.1 Å². The van der Waals surface area contributed by atoms with E-state index in [2.05, 4.69) is 67.1 Å². The average Bonchev–Trinajstić information content (AvgIpc) is 2.82. The number of anilines is 4. The van der Waals surface area contributed by atoms with Crippen LogP contribution in [0.5, 0.6) is 0 Å². The van der Waals surface area contributed by atoms with Crippen LogP contribution in [0.15, 0.2) is 42.9 Å². The molecule has 7 nitrogen and oxygen atoms in total. The molecule has 2 aromatic heterocycles. The fourth-order valence-corrected chi connectivity index (χ4v) is 4.84. The van der Waals surface area contributed by atoms with Gasteiger partial charge in [0, 0.05) is 25.0 Å². The molecule has 172 valence electrons. The summed E-state index contributed by atoms with van der Waals surface area (Å²) in [5.41, 5.74) is 5.73. The number of rotatable bonds is 4. The molecule has 2 aliphatic rings. The maximum atomic E-state index is 6.39. The van der Waals surface area contributed by atoms with Crippen molar-refractivity contribution < 1.29 is 0 Å². The van der Waals surface area contributed by atoms with E-state index < -0.39 is 0 Å². The fourth-order valence-electron chi connectivity index (χ4n) is 4.70. The molecule has 33 heavy (non-hydrogen) atoms. The molecule has 0 amide bonds. The van der Waals surface area contributed by atoms with E-state index >= 15 is 0 Å². The molecular weight excluding hydrogens is 434 g/mol. The van der Waals surface area contributed by atoms with Gasteiger partial charge in [-0.25, -0.2) is 4.98 Å². The molecule has 5 rings (SSSR count). The molecule has 1 fully saturated rings. The quantitative estimate of drug-likeness (QED) is 0.524. The Bertz CT molecular complexity index is 1110. The smallest absolute Gasteiger partial charge is 0.229 e. The van der Waals surface area contributed by atoms with E-state index in [0.29, 0.717) is 16.8 Å². The van der Waals surface area contributed by atoms with Gasteiger partial charge in [-0.05, 0) is 86.6 Å². The predicted octanol–water partition coefficient (Wildman–Crippen LogP) is 4.54. The summed E-state index contributed by atoms with van der Waals surface area (Å²) in [5, 5.41) is 10.6. The second-order valence-electron chi connectivity index (χ2n) is 9.10. The minimum absolute atomic E-state index is 0.481. The molecule has 1 saturated heterocycles. The summed E-state index contributed by atoms with van der Waals surface area (Å²) in [4.78, 5) is 15.8. The summed E-state index contributed by atoms with van der Waals surface area (Å²) in [7, 11) is 2.24. The number of pyridine rings is 1. The Morgan fingerprint density at radius 3 is 2.79 bits per heavy atom. The molecule has 0 atom stereocenters. The zero-order chi connectivity index (χ0) is 22.6. The standard InChI is InChI=1S/C25H30ClN7/c1-33(15-17-6-8-27-9-7-17)16-20-4-5-21-11-19(20)3-2-18-10-22(13-28-12-18)31-25-29-14-23(26)24(30-21)32-25/h4-5,10-14,17,27H,2-3,6-9,15-16H2,1H3,(H2,29,30,31,32). The van der Waals surface area contributed by atoms with E-state index in [1.54, 1.807) is 12.4 Å². The average molecular weight is 464 g/mol. The number of nitrogens with one attached hydrogen (secondary N) is 3. The topological polar surface area (TPSA) is 78.0 Å². The number of benzene rings is 1. The first-order chi connectivity index (χ1) is 16.1. The highest BCUT2D eigenvalue weighted by atomic mass is 35.5. The molecule has 0 aliphatic carbocycles. The van der Waals surface area contributed by atoms with Crippen LogP contribution < -0.4 is 16.0 Å². The van der Waals surface area contributed by atoms with Gasteiger partial charge < -0.3 is 20.9 Å². The normalized spacial score (nSPS) is 16.2. The van der Waals surface area contributed by atoms with Crippen molar-refractivity contribution in [2.75, 3.05) is 37.3 Å². The van der Waals surface area contributed by atoms with Crippen LogP contribution in [0.4, 0.5) is 23.1 Å². The van der Waals surface area contributed by atoms with Gasteiger partial charge in [-0.2, -0.15) is 4.98 Å². The third-order valence-electron chi connectivity index (χ3n) is 6.42. The van der Waals surface area contributed by atoms with Gasteiger partial charge in [0.1, 0.15) is 5.02 Å². The van der Waals surface area contributed by atoms with Crippen LogP contribution in [0.3, 0.4) is 0 Å². The molecule has 3 aromatic rings. The summed E-state index contributed by atoms with van der Waals surface area (Å²) in [6.45, 7) is 4.36. The van der Waals surface area contributed by atoms with E-state index in [4.69, 9.17) is 11.6 Å². The number of aromatic nitrogens is 3. The fraction of sp³-hybridized carbons (Fsp3) is 0.400. The predicted molar refractivity (Wildman–Crippen MR) is 134 cm³/mol. The van der Waals surface area contributed by atoms with Gasteiger partial charge in [-0.15, -0.1) is 0 Å². The highest BCUT2D eigenvalue weighted by Gasteiger charge is 2.17. The van der Waals surface area contributed by atoms with E-state index in [-0.39, 0.29) is 0 Å². The van der Waals surface area contributed by atoms with Crippen molar-refractivity contribution >= 4 is 34.7 Å². The Hall–Kier alpha value is -2.74. The van der Waals surface area contributed by atoms with Crippen LogP contribution >= 0.6 is 11.6 Å². The third-order valence-corrected chi connectivity index (χ3v) is 6.69. The van der Waals surface area contributed by atoms with E-state index in [9.17, 15) is 0 Å². The molecular formula is C25H30ClN7. The summed E-state index contributed by atoms with van der Waals surface area (Å²) in [6.07, 6.45) is 9.71. The number of fused-ring (bicyclic) bond motifs is 6. The first-order valence-electron chi connectivity index (χ1n) is 11.6. The Morgan fingerprint density at radius 1 is 1.03 bits per heavy atom. The zero-order valence-corrected chi connectivity index (χ0v) is 19.7. The van der Waals surface area contributed by atoms with Crippen LogP contribution in [0.1, 0.15) is 29.5 Å². The Labute approximate surface area is 200 Å². The number of hydrogen-bond donors (Lipinski definition) is 3. The molecule has 3 N–H and O–H groups in total. The Morgan fingerprint density at radius 2 is 1.91 bits per heavy atom. The maximum absolute atomic E-state index is 6.39. The lowest BCUT2D eigenvalue weighted by Gasteiger charge is -2.28. The molecule has 0 saturated carbocycles. The minimum atomic E-state index is 0.481. The van der Waals surface area contributed by atoms with Gasteiger partial charge in [-0.3, -0.25) is 4.98 Å². The number of piperidine rings is 1. The lowest BCUT2D eigenvalue weighted by atomic mass is 9.96. The van der Waals surface area contributed by atoms with Gasteiger partial charge in [0.25, 0.3) is 0 Å². The first kappa shape index (κ1) is 22.1. The zero-order valence-electron chi connectivity index (χ0n) is 18.9. The lowest BCUT2D eigenvalue weighted by molar-refractivity contribution is 0.234. The second kappa shape index (κ2) is 10.0. The van der Waals surface area contributed by atoms with Crippen molar-refractivity contribution in [3.05, 3.63) is 64.6 Å². The summed E-state index contributed by atoms with van der Waals surface area (Å²) >= 11 is 6.39. The van der Waals surface area contributed by atoms with Gasteiger partial charge in [-0.1, -0.05) is 17.7 Å². The minimum Gasteiger partial charge on any atom is -0.339 e. The molecule has 2 aliphatic heterocycles. The molecule has 6 bridgehead atoms. The molecule has 4 heterocycles. The van der Waals surface area contributed by atoms with Gasteiger partial charge >= 0.3 is 0 Å². The highest BCUT2D eigenvalue weighted by molar-refractivity contribution is 6.32. The van der Waals surface area contributed by atoms with Crippen LogP contribution in [0.25, 0.3) is 0 Å². The summed E-state index contributed by atoms with van der Waals surface area (Å²) in [5.74, 6) is 1.84. The monoisotopic (exact) mass is 463 g/mol. The highest BCUT2D eigenvalue weighted by Crippen LogP contribution is 2.28. The van der Waals surface area contributed by atoms with Crippen LogP contribution in [0, 0.1) is 5.92 Å². The van der Waals surface area contributed by atoms with Gasteiger partial charge in [0.15, 0.2) is 5.82 Å². The molecule has 8 heteroatoms. The third kappa shape index (κ3) is 5.61. The van der Waals surface area contributed by atoms with Crippen molar-refractivity contribution in [3.8, 4) is 0 Å². The Balaban J connectivity index is 1.43. The van der Waals surface area contributed by atoms with E-state index in [0.717, 1.165) is 56.3 Å². The second-order valence-corrected chi connectivity index (χ2v) is 9.50. The van der Waals surface area contributed by atoms with E-state index in [1.165, 1.54) is 29.5 Å². The largest absolute Gasteiger partial charge is 0.339 e. The summed E-state index contributed by atoms with van der Waals surface area (Å²) in [6, 6.07) is 8.69. The van der Waals surface area contributed by atoms with Gasteiger partial charge in [0.2, 0.25) is 5.95 Å². The van der Waals surface area contributed by atoms with Crippen molar-refractivity contribution in [2.45, 2.75) is 32.2 Å². The van der Waals surface area contributed by atoms with Crippen molar-refractivity contribution in [1.82, 2.24) is 25.2 Å². The molecule has 1 aromatic carbocycles. The molecule has 0 unspecified atom stereocenters. The number of aryl methyl sites for hydroxylation is 2. The van der Waals surface area contributed by atoms with Crippen molar-refractivity contribution in [1.29, 1.82) is 0 Å². The number of nitrogens with zero attached hydrogens (tertiary/aromatic N) is 4. The lowest BCUT2D eigenvalue weighted by Crippen LogP contribution is -2.34. The van der Waals surface area contributed by atoms with Crippen LogP contribution in [0.2, 0.25) is 5.02 Å². The maximum Gasteiger partial charge on any atom is 0.229 e. The van der Waals surface area contributed by atoms with Crippen LogP contribution in [-0.2, 0) is 19.4 Å². The SMILES string of the molecule is CN(Cc1ccc2cc1CCc1cncc(c1)Nc1ncc(Cl)c(n1)N2)CC1CCNCC1. The van der Waals surface area contributed by atoms with Crippen molar-refractivity contribution in [3.63, 3.8) is 0 Å². The molecule has 0 radical (unpaired) electrons. The Kier molecular flexibility index (Phi) is 6.71. The number of halogens is 1. The number of hydrogen-bond acceptors (Lipinski definition) is 7. The summed E-state index contributed by atoms with van der Waals surface area (Å²) < 4.78 is 0. The first-order valence-corrected chi connectivity index (χ1v) is 12.0.